The van der Waals surface area contributed by atoms with Crippen molar-refractivity contribution in [3.05, 3.63) is 95.7 Å². The summed E-state index contributed by atoms with van der Waals surface area (Å²) in [5.74, 6) is -1.75. The molecular weight excluding hydrogens is 424 g/mol. The van der Waals surface area contributed by atoms with Crippen molar-refractivity contribution in [2.75, 3.05) is 5.73 Å². The third-order valence-electron chi connectivity index (χ3n) is 5.28. The lowest BCUT2D eigenvalue weighted by molar-refractivity contribution is 0.0174. The molecule has 0 aliphatic heterocycles. The highest BCUT2D eigenvalue weighted by Crippen LogP contribution is 2.33. The number of benzene rings is 3. The Bertz CT molecular complexity index is 1300. The van der Waals surface area contributed by atoms with E-state index in [0.717, 1.165) is 17.7 Å². The van der Waals surface area contributed by atoms with E-state index < -0.39 is 5.92 Å². The lowest BCUT2D eigenvalue weighted by Gasteiger charge is -2.15. The number of alkyl halides is 2. The molecule has 3 aromatic carbocycles. The maximum absolute atomic E-state index is 13.4. The lowest BCUT2D eigenvalue weighted by Crippen LogP contribution is -2.27. The first kappa shape index (κ1) is 22.2. The molecular formula is C26H23F2N3O2. The number of amides is 1. The molecule has 0 radical (unpaired) electrons. The zero-order valence-electron chi connectivity index (χ0n) is 18.2. The second kappa shape index (κ2) is 8.86. The number of hydrogen-bond donors (Lipinski definition) is 2. The van der Waals surface area contributed by atoms with E-state index in [-0.39, 0.29) is 17.5 Å². The highest BCUT2D eigenvalue weighted by molar-refractivity contribution is 6.00. The van der Waals surface area contributed by atoms with Crippen molar-refractivity contribution < 1.29 is 18.3 Å². The number of nitrogens with one attached hydrogen (secondary N) is 1. The SMILES string of the molecule is C[C@H](NC(=O)c1ccc2c(Oc3ccc(C(C)(F)F)cc3)cccc2c1)c1cccc(N)n1. The number of ether oxygens (including phenoxy) is 1. The summed E-state index contributed by atoms with van der Waals surface area (Å²) >= 11 is 0. The monoisotopic (exact) mass is 447 g/mol. The van der Waals surface area contributed by atoms with Crippen LogP contribution in [0.3, 0.4) is 0 Å². The highest BCUT2D eigenvalue weighted by atomic mass is 19.3. The van der Waals surface area contributed by atoms with Gasteiger partial charge in [-0.25, -0.2) is 13.8 Å². The minimum Gasteiger partial charge on any atom is -0.457 e. The largest absolute Gasteiger partial charge is 0.457 e. The Morgan fingerprint density at radius 1 is 1.03 bits per heavy atom. The fourth-order valence-electron chi connectivity index (χ4n) is 3.49. The zero-order chi connectivity index (χ0) is 23.6. The van der Waals surface area contributed by atoms with Gasteiger partial charge < -0.3 is 15.8 Å². The second-order valence-corrected chi connectivity index (χ2v) is 7.89. The number of rotatable bonds is 6. The van der Waals surface area contributed by atoms with Gasteiger partial charge in [-0.1, -0.05) is 18.2 Å². The molecule has 0 spiro atoms. The number of nitrogens with two attached hydrogens (primary N) is 1. The third-order valence-corrected chi connectivity index (χ3v) is 5.28. The molecule has 0 aliphatic carbocycles. The van der Waals surface area contributed by atoms with Crippen LogP contribution in [0.25, 0.3) is 10.8 Å². The number of hydrogen-bond acceptors (Lipinski definition) is 4. The normalized spacial score (nSPS) is 12.4. The number of pyridine rings is 1. The van der Waals surface area contributed by atoms with E-state index in [1.54, 1.807) is 42.5 Å². The number of anilines is 1. The zero-order valence-corrected chi connectivity index (χ0v) is 18.2. The summed E-state index contributed by atoms with van der Waals surface area (Å²) in [5.41, 5.74) is 6.81. The molecule has 0 fully saturated rings. The van der Waals surface area contributed by atoms with E-state index >= 15 is 0 Å². The van der Waals surface area contributed by atoms with Crippen LogP contribution in [0.15, 0.2) is 78.9 Å². The molecule has 1 amide bonds. The molecule has 3 N–H and O–H groups in total. The van der Waals surface area contributed by atoms with Crippen LogP contribution in [0.4, 0.5) is 14.6 Å². The predicted molar refractivity (Wildman–Crippen MR) is 125 cm³/mol. The summed E-state index contributed by atoms with van der Waals surface area (Å²) in [6.07, 6.45) is 0. The number of halogens is 2. The second-order valence-electron chi connectivity index (χ2n) is 7.89. The molecule has 33 heavy (non-hydrogen) atoms. The molecule has 5 nitrogen and oxygen atoms in total. The molecule has 4 aromatic rings. The van der Waals surface area contributed by atoms with Crippen molar-refractivity contribution in [2.45, 2.75) is 25.8 Å². The van der Waals surface area contributed by atoms with Gasteiger partial charge in [0.15, 0.2) is 0 Å². The van der Waals surface area contributed by atoms with E-state index in [9.17, 15) is 13.6 Å². The van der Waals surface area contributed by atoms with Gasteiger partial charge in [0, 0.05) is 23.4 Å². The van der Waals surface area contributed by atoms with Crippen molar-refractivity contribution >= 4 is 22.5 Å². The van der Waals surface area contributed by atoms with Gasteiger partial charge in [0.05, 0.1) is 11.7 Å². The van der Waals surface area contributed by atoms with Gasteiger partial charge in [-0.15, -0.1) is 0 Å². The highest BCUT2D eigenvalue weighted by Gasteiger charge is 2.23. The van der Waals surface area contributed by atoms with Gasteiger partial charge in [-0.2, -0.15) is 0 Å². The van der Waals surface area contributed by atoms with Crippen molar-refractivity contribution in [2.24, 2.45) is 0 Å². The minimum atomic E-state index is -2.91. The van der Waals surface area contributed by atoms with Crippen molar-refractivity contribution in [1.29, 1.82) is 0 Å². The molecule has 0 saturated carbocycles. The Morgan fingerprint density at radius 3 is 2.45 bits per heavy atom. The van der Waals surface area contributed by atoms with E-state index in [0.29, 0.717) is 28.6 Å². The first-order valence-corrected chi connectivity index (χ1v) is 10.4. The lowest BCUT2D eigenvalue weighted by atomic mass is 10.1. The maximum Gasteiger partial charge on any atom is 0.270 e. The van der Waals surface area contributed by atoms with E-state index in [4.69, 9.17) is 10.5 Å². The summed E-state index contributed by atoms with van der Waals surface area (Å²) in [4.78, 5) is 17.0. The molecule has 168 valence electrons. The van der Waals surface area contributed by atoms with Crippen LogP contribution in [0.1, 0.15) is 41.5 Å². The van der Waals surface area contributed by atoms with Crippen LogP contribution in [0.2, 0.25) is 0 Å². The van der Waals surface area contributed by atoms with Gasteiger partial charge in [0.1, 0.15) is 17.3 Å². The number of carbonyl (C=O) groups is 1. The fraction of sp³-hybridized carbons (Fsp3) is 0.154. The number of carbonyl (C=O) groups excluding carboxylic acids is 1. The Morgan fingerprint density at radius 2 is 1.76 bits per heavy atom. The molecule has 0 saturated heterocycles. The average Bonchev–Trinajstić information content (AvgIpc) is 2.78. The van der Waals surface area contributed by atoms with E-state index in [2.05, 4.69) is 10.3 Å². The van der Waals surface area contributed by atoms with E-state index in [1.165, 1.54) is 24.3 Å². The molecule has 0 unspecified atom stereocenters. The molecule has 1 atom stereocenters. The quantitative estimate of drug-likeness (QED) is 0.368. The van der Waals surface area contributed by atoms with Crippen LogP contribution in [-0.2, 0) is 5.92 Å². The Labute approximate surface area is 190 Å². The maximum atomic E-state index is 13.4. The van der Waals surface area contributed by atoms with Crippen LogP contribution in [0.5, 0.6) is 11.5 Å². The van der Waals surface area contributed by atoms with Crippen LogP contribution in [0, 0.1) is 0 Å². The minimum absolute atomic E-state index is 0.0777. The topological polar surface area (TPSA) is 77.2 Å². The average molecular weight is 447 g/mol. The van der Waals surface area contributed by atoms with Crippen LogP contribution < -0.4 is 15.8 Å². The van der Waals surface area contributed by atoms with Gasteiger partial charge in [-0.3, -0.25) is 4.79 Å². The van der Waals surface area contributed by atoms with Crippen molar-refractivity contribution in [3.8, 4) is 11.5 Å². The first-order chi connectivity index (χ1) is 15.7. The summed E-state index contributed by atoms with van der Waals surface area (Å²) in [5, 5.41) is 4.53. The first-order valence-electron chi connectivity index (χ1n) is 10.4. The summed E-state index contributed by atoms with van der Waals surface area (Å²) in [6, 6.07) is 21.5. The number of nitrogens with zero attached hydrogens (tertiary/aromatic N) is 1. The van der Waals surface area contributed by atoms with Crippen molar-refractivity contribution in [3.63, 3.8) is 0 Å². The molecule has 0 bridgehead atoms. The molecule has 1 aromatic heterocycles. The number of nitrogen functional groups attached to an aromatic ring is 1. The van der Waals surface area contributed by atoms with Gasteiger partial charge in [0.2, 0.25) is 0 Å². The molecule has 1 heterocycles. The van der Waals surface area contributed by atoms with E-state index in [1.807, 2.05) is 19.1 Å². The third kappa shape index (κ3) is 5.09. The van der Waals surface area contributed by atoms with Crippen LogP contribution in [-0.4, -0.2) is 10.9 Å². The molecule has 4 rings (SSSR count). The number of fused-ring (bicyclic) bond motifs is 1. The van der Waals surface area contributed by atoms with Gasteiger partial charge >= 0.3 is 0 Å². The summed E-state index contributed by atoms with van der Waals surface area (Å²) in [6.45, 7) is 2.69. The predicted octanol–water partition coefficient (Wildman–Crippen LogP) is 6.21. The number of aromatic nitrogens is 1. The standard InChI is InChI=1S/C26H23F2N3O2/c1-16(22-6-4-8-24(29)31-22)30-25(32)18-9-14-21-17(15-18)5-3-7-23(21)33-20-12-10-19(11-13-20)26(2,27)28/h3-16H,1-2H3,(H2,29,31)(H,30,32)/t16-/m0/s1. The Hall–Kier alpha value is -4.00. The Kier molecular flexibility index (Phi) is 5.96. The van der Waals surface area contributed by atoms with Gasteiger partial charge in [-0.05, 0) is 73.0 Å². The Balaban J connectivity index is 1.53. The molecule has 0 aliphatic rings. The molecule has 7 heteroatoms. The van der Waals surface area contributed by atoms with Gasteiger partial charge in [0.25, 0.3) is 11.8 Å². The fourth-order valence-corrected chi connectivity index (χ4v) is 3.49. The summed E-state index contributed by atoms with van der Waals surface area (Å²) in [7, 11) is 0. The smallest absolute Gasteiger partial charge is 0.270 e. The summed E-state index contributed by atoms with van der Waals surface area (Å²) < 4.78 is 32.8. The van der Waals surface area contributed by atoms with Crippen molar-refractivity contribution in [1.82, 2.24) is 10.3 Å². The van der Waals surface area contributed by atoms with Crippen LogP contribution >= 0.6 is 0 Å².